The minimum Gasteiger partial charge on any atom is -0.489 e. The summed E-state index contributed by atoms with van der Waals surface area (Å²) in [6, 6.07) is 18.5. The van der Waals surface area contributed by atoms with Crippen LogP contribution in [0.2, 0.25) is 0 Å². The lowest BCUT2D eigenvalue weighted by atomic mass is 10.2. The number of benzene rings is 2. The molecule has 0 saturated carbocycles. The predicted octanol–water partition coefficient (Wildman–Crippen LogP) is 4.76. The van der Waals surface area contributed by atoms with Crippen LogP contribution in [0, 0.1) is 0 Å². The van der Waals surface area contributed by atoms with Crippen molar-refractivity contribution in [1.82, 2.24) is 9.97 Å². The fourth-order valence-corrected chi connectivity index (χ4v) is 3.56. The van der Waals surface area contributed by atoms with Gasteiger partial charge in [-0.25, -0.2) is 9.78 Å². The van der Waals surface area contributed by atoms with E-state index < -0.39 is 5.97 Å². The molecule has 1 amide bonds. The minimum absolute atomic E-state index is 0.264. The molecule has 4 aromatic rings. The highest BCUT2D eigenvalue weighted by Gasteiger charge is 2.13. The number of rotatable bonds is 7. The lowest BCUT2D eigenvalue weighted by molar-refractivity contribution is 0.0594. The lowest BCUT2D eigenvalue weighted by Crippen LogP contribution is -2.11. The van der Waals surface area contributed by atoms with Gasteiger partial charge in [0.1, 0.15) is 18.1 Å². The molecule has 2 N–H and O–H groups in total. The molecular weight excluding hydrogens is 414 g/mol. The van der Waals surface area contributed by atoms with Crippen LogP contribution in [-0.4, -0.2) is 29.0 Å². The fraction of sp³-hybridized carbons (Fsp3) is 0.0870. The highest BCUT2D eigenvalue weighted by Crippen LogP contribution is 2.26. The third-order valence-electron chi connectivity index (χ3n) is 4.47. The summed E-state index contributed by atoms with van der Waals surface area (Å²) in [4.78, 5) is 31.4. The Morgan fingerprint density at radius 3 is 2.61 bits per heavy atom. The van der Waals surface area contributed by atoms with Gasteiger partial charge < -0.3 is 14.5 Å². The number of thiazole rings is 1. The van der Waals surface area contributed by atoms with Gasteiger partial charge in [0.25, 0.3) is 5.91 Å². The van der Waals surface area contributed by atoms with Crippen molar-refractivity contribution in [2.24, 2.45) is 0 Å². The zero-order chi connectivity index (χ0) is 21.6. The van der Waals surface area contributed by atoms with Crippen molar-refractivity contribution in [3.05, 3.63) is 89.1 Å². The molecule has 0 bridgehead atoms. The molecule has 0 unspecified atom stereocenters. The van der Waals surface area contributed by atoms with E-state index >= 15 is 0 Å². The maximum Gasteiger partial charge on any atom is 0.354 e. The number of esters is 1. The zero-order valence-corrected chi connectivity index (χ0v) is 17.4. The Morgan fingerprint density at radius 1 is 1.10 bits per heavy atom. The van der Waals surface area contributed by atoms with Crippen molar-refractivity contribution in [2.75, 3.05) is 12.4 Å². The second-order valence-electron chi connectivity index (χ2n) is 6.58. The zero-order valence-electron chi connectivity index (χ0n) is 16.6. The molecule has 0 fully saturated rings. The first-order chi connectivity index (χ1) is 15.1. The molecule has 2 aromatic heterocycles. The molecule has 0 saturated heterocycles. The largest absolute Gasteiger partial charge is 0.489 e. The Balaban J connectivity index is 1.36. The van der Waals surface area contributed by atoms with Crippen molar-refractivity contribution in [3.63, 3.8) is 0 Å². The van der Waals surface area contributed by atoms with Crippen molar-refractivity contribution in [3.8, 4) is 17.0 Å². The summed E-state index contributed by atoms with van der Waals surface area (Å²) in [7, 11) is 1.32. The van der Waals surface area contributed by atoms with Crippen LogP contribution in [0.15, 0.2) is 72.2 Å². The monoisotopic (exact) mass is 433 g/mol. The summed E-state index contributed by atoms with van der Waals surface area (Å²) >= 11 is 1.30. The first-order valence-corrected chi connectivity index (χ1v) is 10.3. The number of hydrogen-bond acceptors (Lipinski definition) is 6. The first kappa shape index (κ1) is 20.4. The summed E-state index contributed by atoms with van der Waals surface area (Å²) in [5, 5.41) is 5.06. The number of H-pyrrole nitrogens is 1. The van der Waals surface area contributed by atoms with Crippen LogP contribution in [0.5, 0.6) is 5.75 Å². The van der Waals surface area contributed by atoms with E-state index in [2.05, 4.69) is 20.0 Å². The average Bonchev–Trinajstić information content (AvgIpc) is 3.48. The number of ether oxygens (including phenoxy) is 2. The highest BCUT2D eigenvalue weighted by molar-refractivity contribution is 7.14. The fourth-order valence-electron chi connectivity index (χ4n) is 2.85. The summed E-state index contributed by atoms with van der Waals surface area (Å²) in [6.07, 6.45) is 1.67. The van der Waals surface area contributed by atoms with Gasteiger partial charge in [0.15, 0.2) is 5.13 Å². The average molecular weight is 433 g/mol. The van der Waals surface area contributed by atoms with Crippen LogP contribution in [0.4, 0.5) is 5.13 Å². The highest BCUT2D eigenvalue weighted by atomic mass is 32.1. The van der Waals surface area contributed by atoms with Crippen molar-refractivity contribution in [1.29, 1.82) is 0 Å². The maximum absolute atomic E-state index is 12.5. The van der Waals surface area contributed by atoms with E-state index in [4.69, 9.17) is 4.74 Å². The third-order valence-corrected chi connectivity index (χ3v) is 5.23. The Bertz CT molecular complexity index is 1180. The van der Waals surface area contributed by atoms with Gasteiger partial charge in [-0.15, -0.1) is 11.3 Å². The van der Waals surface area contributed by atoms with Crippen LogP contribution in [0.25, 0.3) is 11.3 Å². The predicted molar refractivity (Wildman–Crippen MR) is 118 cm³/mol. The number of carbonyl (C=O) groups is 2. The van der Waals surface area contributed by atoms with Gasteiger partial charge >= 0.3 is 5.97 Å². The molecule has 2 aromatic carbocycles. The molecule has 7 nitrogen and oxygen atoms in total. The molecule has 4 rings (SSSR count). The normalized spacial score (nSPS) is 10.5. The van der Waals surface area contributed by atoms with Gasteiger partial charge in [-0.05, 0) is 35.9 Å². The van der Waals surface area contributed by atoms with Gasteiger partial charge in [0, 0.05) is 22.7 Å². The van der Waals surface area contributed by atoms with E-state index in [0.717, 1.165) is 11.1 Å². The number of aromatic amines is 1. The van der Waals surface area contributed by atoms with E-state index in [1.54, 1.807) is 41.9 Å². The molecule has 0 spiro atoms. The smallest absolute Gasteiger partial charge is 0.354 e. The van der Waals surface area contributed by atoms with Gasteiger partial charge in [0.05, 0.1) is 12.8 Å². The number of anilines is 1. The number of amides is 1. The van der Waals surface area contributed by atoms with Gasteiger partial charge in [-0.3, -0.25) is 10.1 Å². The van der Waals surface area contributed by atoms with E-state index in [0.29, 0.717) is 34.4 Å². The Hall–Kier alpha value is -3.91. The Morgan fingerprint density at radius 2 is 1.87 bits per heavy atom. The molecular formula is C23H19N3O4S. The van der Waals surface area contributed by atoms with Gasteiger partial charge in [-0.1, -0.05) is 30.3 Å². The molecule has 0 aliphatic rings. The van der Waals surface area contributed by atoms with E-state index in [1.165, 1.54) is 18.4 Å². The molecule has 156 valence electrons. The summed E-state index contributed by atoms with van der Waals surface area (Å²) in [6.45, 7) is 0.463. The van der Waals surface area contributed by atoms with Crippen LogP contribution >= 0.6 is 11.3 Å². The third kappa shape index (κ3) is 4.99. The summed E-state index contributed by atoms with van der Waals surface area (Å²) < 4.78 is 10.4. The summed E-state index contributed by atoms with van der Waals surface area (Å²) in [5.74, 6) is -0.0307. The molecule has 0 atom stereocenters. The van der Waals surface area contributed by atoms with Crippen molar-refractivity contribution < 1.29 is 19.1 Å². The molecule has 0 aliphatic heterocycles. The standard InChI is InChI=1S/C23H19N3O4S/c1-29-22(28)19-11-17(12-24-19)20-14-31-23(25-20)26-21(27)16-7-9-18(10-8-16)30-13-15-5-3-2-4-6-15/h2-12,14,24H,13H2,1H3,(H,25,26,27). The number of nitrogens with one attached hydrogen (secondary N) is 2. The molecule has 0 radical (unpaired) electrons. The number of hydrogen-bond donors (Lipinski definition) is 2. The van der Waals surface area contributed by atoms with Crippen LogP contribution in [0.3, 0.4) is 0 Å². The van der Waals surface area contributed by atoms with E-state index in [9.17, 15) is 9.59 Å². The Labute approximate surface area is 182 Å². The maximum atomic E-state index is 12.5. The van der Waals surface area contributed by atoms with E-state index in [-0.39, 0.29) is 5.91 Å². The van der Waals surface area contributed by atoms with Gasteiger partial charge in [-0.2, -0.15) is 0 Å². The number of aromatic nitrogens is 2. The first-order valence-electron chi connectivity index (χ1n) is 9.43. The molecule has 31 heavy (non-hydrogen) atoms. The molecule has 8 heteroatoms. The SMILES string of the molecule is COC(=O)c1cc(-c2csc(NC(=O)c3ccc(OCc4ccccc4)cc3)n2)c[nH]1. The Kier molecular flexibility index (Phi) is 6.09. The number of carbonyl (C=O) groups excluding carboxylic acids is 2. The van der Waals surface area contributed by atoms with Crippen molar-refractivity contribution in [2.45, 2.75) is 6.61 Å². The second-order valence-corrected chi connectivity index (χ2v) is 7.44. The second kappa shape index (κ2) is 9.27. The van der Waals surface area contributed by atoms with Crippen LogP contribution < -0.4 is 10.1 Å². The molecule has 0 aliphatic carbocycles. The number of nitrogens with zero attached hydrogens (tertiary/aromatic N) is 1. The summed E-state index contributed by atoms with van der Waals surface area (Å²) in [5.41, 5.74) is 3.29. The van der Waals surface area contributed by atoms with Crippen LogP contribution in [-0.2, 0) is 11.3 Å². The van der Waals surface area contributed by atoms with Gasteiger partial charge in [0.2, 0.25) is 0 Å². The topological polar surface area (TPSA) is 93.3 Å². The van der Waals surface area contributed by atoms with E-state index in [1.807, 2.05) is 30.3 Å². The quantitative estimate of drug-likeness (QED) is 0.410. The number of methoxy groups -OCH3 is 1. The van der Waals surface area contributed by atoms with Crippen LogP contribution in [0.1, 0.15) is 26.4 Å². The van der Waals surface area contributed by atoms with Crippen molar-refractivity contribution >= 4 is 28.3 Å². The lowest BCUT2D eigenvalue weighted by Gasteiger charge is -2.07. The minimum atomic E-state index is -0.453. The molecule has 2 heterocycles.